The van der Waals surface area contributed by atoms with E-state index in [1.54, 1.807) is 0 Å². The van der Waals surface area contributed by atoms with Crippen LogP contribution in [-0.4, -0.2) is 25.1 Å². The minimum absolute atomic E-state index is 0.305. The second-order valence-corrected chi connectivity index (χ2v) is 9.65. The van der Waals surface area contributed by atoms with Gasteiger partial charge in [0.15, 0.2) is 0 Å². The molecule has 2 heteroatoms. The van der Waals surface area contributed by atoms with E-state index in [1.165, 1.54) is 19.3 Å². The van der Waals surface area contributed by atoms with Crippen molar-refractivity contribution in [3.8, 4) is 0 Å². The van der Waals surface area contributed by atoms with Crippen LogP contribution in [0, 0.1) is 22.2 Å². The summed E-state index contributed by atoms with van der Waals surface area (Å²) in [5.41, 5.74) is 4.52. The third-order valence-corrected chi connectivity index (χ3v) is 4.63. The lowest BCUT2D eigenvalue weighted by molar-refractivity contribution is -0.0346. The summed E-state index contributed by atoms with van der Waals surface area (Å²) in [4.78, 5) is 0. The van der Waals surface area contributed by atoms with Gasteiger partial charge >= 0.3 is 0 Å². The summed E-state index contributed by atoms with van der Waals surface area (Å²) < 4.78 is 0. The molecule has 0 aromatic heterocycles. The fourth-order valence-corrected chi connectivity index (χ4v) is 5.58. The van der Waals surface area contributed by atoms with Gasteiger partial charge in [0.05, 0.1) is 0 Å². The Labute approximate surface area is 135 Å². The Morgan fingerprint density at radius 2 is 1.38 bits per heavy atom. The third-order valence-electron chi connectivity index (χ3n) is 4.63. The monoisotopic (exact) mass is 298 g/mol. The molecule has 0 saturated carbocycles. The van der Waals surface area contributed by atoms with Crippen LogP contribution in [-0.2, 0) is 0 Å². The molecule has 0 saturated heterocycles. The number of hydrazine groups is 1. The minimum Gasteiger partial charge on any atom is -0.253 e. The van der Waals surface area contributed by atoms with E-state index in [0.29, 0.717) is 28.2 Å². The van der Waals surface area contributed by atoms with Crippen molar-refractivity contribution >= 4 is 0 Å². The maximum Gasteiger partial charge on any atom is 0.0192 e. The molecule has 128 valence electrons. The lowest BCUT2D eigenvalue weighted by atomic mass is 9.53. The van der Waals surface area contributed by atoms with E-state index in [4.69, 9.17) is 0 Å². The average Bonchev–Trinajstić information content (AvgIpc) is 2.08. The molecule has 0 bridgehead atoms. The fourth-order valence-electron chi connectivity index (χ4n) is 5.58. The molecule has 0 heterocycles. The van der Waals surface area contributed by atoms with Gasteiger partial charge in [0.1, 0.15) is 0 Å². The van der Waals surface area contributed by atoms with Crippen molar-refractivity contribution < 1.29 is 0 Å². The molecule has 2 unspecified atom stereocenters. The zero-order chi connectivity index (χ0) is 17.1. The Morgan fingerprint density at radius 3 is 1.71 bits per heavy atom. The molecule has 0 rings (SSSR count). The van der Waals surface area contributed by atoms with Crippen LogP contribution in [0.15, 0.2) is 0 Å². The Kier molecular flexibility index (Phi) is 7.43. The normalized spacial score (nSPS) is 17.1. The van der Waals surface area contributed by atoms with Gasteiger partial charge in [-0.15, -0.1) is 0 Å². The molecule has 1 N–H and O–H groups in total. The largest absolute Gasteiger partial charge is 0.253 e. The first-order valence-corrected chi connectivity index (χ1v) is 8.67. The van der Waals surface area contributed by atoms with Crippen LogP contribution in [0.4, 0.5) is 0 Å². The Morgan fingerprint density at radius 1 is 0.905 bits per heavy atom. The smallest absolute Gasteiger partial charge is 0.0192 e. The van der Waals surface area contributed by atoms with E-state index in [1.807, 2.05) is 0 Å². The first-order valence-electron chi connectivity index (χ1n) is 8.67. The van der Waals surface area contributed by atoms with E-state index in [2.05, 4.69) is 86.8 Å². The summed E-state index contributed by atoms with van der Waals surface area (Å²) in [6, 6.07) is 0.497. The Hall–Kier alpha value is -0.0800. The van der Waals surface area contributed by atoms with Gasteiger partial charge in [0, 0.05) is 20.1 Å². The van der Waals surface area contributed by atoms with Crippen molar-refractivity contribution in [3.05, 3.63) is 0 Å². The number of hydrogen-bond acceptors (Lipinski definition) is 2. The zero-order valence-electron chi connectivity index (χ0n) is 16.7. The van der Waals surface area contributed by atoms with Crippen molar-refractivity contribution in [3.63, 3.8) is 0 Å². The molecular formula is C19H42N2. The molecule has 0 aliphatic heterocycles. The zero-order valence-corrected chi connectivity index (χ0v) is 16.7. The molecule has 0 amide bonds. The second kappa shape index (κ2) is 7.46. The molecule has 2 nitrogen and oxygen atoms in total. The summed E-state index contributed by atoms with van der Waals surface area (Å²) in [6.45, 7) is 21.7. The maximum atomic E-state index is 3.52. The highest BCUT2D eigenvalue weighted by atomic mass is 15.5. The van der Waals surface area contributed by atoms with Gasteiger partial charge < -0.3 is 0 Å². The summed E-state index contributed by atoms with van der Waals surface area (Å²) >= 11 is 0. The van der Waals surface area contributed by atoms with Crippen molar-refractivity contribution in [2.24, 2.45) is 22.2 Å². The van der Waals surface area contributed by atoms with Gasteiger partial charge in [-0.2, -0.15) is 0 Å². The Bertz CT molecular complexity index is 297. The predicted molar refractivity (Wildman–Crippen MR) is 96.3 cm³/mol. The fraction of sp³-hybridized carbons (Fsp3) is 1.00. The minimum atomic E-state index is 0.305. The number of nitrogens with one attached hydrogen (secondary N) is 1. The van der Waals surface area contributed by atoms with E-state index in [0.717, 1.165) is 0 Å². The molecule has 0 aromatic carbocycles. The molecule has 0 fully saturated rings. The third kappa shape index (κ3) is 6.69. The Balaban J connectivity index is 5.32. The number of rotatable bonds is 8. The SMILES string of the molecule is CCCC(C)(C)C(C(C)(C)C)C(C)(C)CC(C)NN(C)C. The lowest BCUT2D eigenvalue weighted by Crippen LogP contribution is -2.48. The van der Waals surface area contributed by atoms with Gasteiger partial charge in [-0.05, 0) is 41.9 Å². The van der Waals surface area contributed by atoms with Crippen LogP contribution in [0.25, 0.3) is 0 Å². The summed E-state index contributed by atoms with van der Waals surface area (Å²) in [5, 5.41) is 2.07. The quantitative estimate of drug-likeness (QED) is 0.608. The van der Waals surface area contributed by atoms with Gasteiger partial charge in [0.25, 0.3) is 0 Å². The lowest BCUT2D eigenvalue weighted by Gasteiger charge is -2.53. The first-order chi connectivity index (χ1) is 9.24. The topological polar surface area (TPSA) is 15.3 Å². The van der Waals surface area contributed by atoms with Crippen LogP contribution in [0.1, 0.15) is 81.6 Å². The van der Waals surface area contributed by atoms with E-state index >= 15 is 0 Å². The van der Waals surface area contributed by atoms with E-state index in [9.17, 15) is 0 Å². The predicted octanol–water partition coefficient (Wildman–Crippen LogP) is 5.35. The van der Waals surface area contributed by atoms with Crippen molar-refractivity contribution in [2.75, 3.05) is 14.1 Å². The number of hydrogen-bond donors (Lipinski definition) is 1. The van der Waals surface area contributed by atoms with E-state index < -0.39 is 0 Å². The van der Waals surface area contributed by atoms with Gasteiger partial charge in [-0.25, -0.2) is 0 Å². The molecule has 0 aliphatic carbocycles. The van der Waals surface area contributed by atoms with Gasteiger partial charge in [-0.3, -0.25) is 10.4 Å². The molecular weight excluding hydrogens is 256 g/mol. The summed E-state index contributed by atoms with van der Waals surface area (Å²) in [7, 11) is 4.15. The first kappa shape index (κ1) is 20.9. The van der Waals surface area contributed by atoms with Crippen molar-refractivity contribution in [2.45, 2.75) is 87.6 Å². The maximum absolute atomic E-state index is 3.52. The van der Waals surface area contributed by atoms with Crippen LogP contribution in [0.2, 0.25) is 0 Å². The summed E-state index contributed by atoms with van der Waals surface area (Å²) in [6.07, 6.45) is 3.76. The van der Waals surface area contributed by atoms with Crippen molar-refractivity contribution in [1.29, 1.82) is 0 Å². The van der Waals surface area contributed by atoms with Crippen LogP contribution in [0.5, 0.6) is 0 Å². The second-order valence-electron chi connectivity index (χ2n) is 9.65. The molecule has 2 atom stereocenters. The van der Waals surface area contributed by atoms with Gasteiger partial charge in [-0.1, -0.05) is 61.8 Å². The van der Waals surface area contributed by atoms with E-state index in [-0.39, 0.29) is 0 Å². The van der Waals surface area contributed by atoms with Gasteiger partial charge in [0.2, 0.25) is 0 Å². The molecule has 0 aliphatic rings. The molecule has 0 aromatic rings. The average molecular weight is 299 g/mol. The number of nitrogens with zero attached hydrogens (tertiary/aromatic N) is 1. The standard InChI is InChI=1S/C19H42N2/c1-12-13-18(6,7)16(17(3,4)5)19(8,9)14-15(2)20-21(10)11/h15-16,20H,12-14H2,1-11H3. The highest BCUT2D eigenvalue weighted by Crippen LogP contribution is 2.54. The van der Waals surface area contributed by atoms with Crippen LogP contribution < -0.4 is 5.43 Å². The molecule has 21 heavy (non-hydrogen) atoms. The highest BCUT2D eigenvalue weighted by molar-refractivity contribution is 4.96. The highest BCUT2D eigenvalue weighted by Gasteiger charge is 2.46. The van der Waals surface area contributed by atoms with Crippen molar-refractivity contribution in [1.82, 2.24) is 10.4 Å². The molecule has 0 spiro atoms. The van der Waals surface area contributed by atoms with Crippen LogP contribution in [0.3, 0.4) is 0 Å². The summed E-state index contributed by atoms with van der Waals surface area (Å²) in [5.74, 6) is 0.684. The molecule has 0 radical (unpaired) electrons. The van der Waals surface area contributed by atoms with Crippen LogP contribution >= 0.6 is 0 Å².